The smallest absolute Gasteiger partial charge is 0.147 e. The molecule has 5 atom stereocenters. The highest BCUT2D eigenvalue weighted by Gasteiger charge is 2.50. The topological polar surface area (TPSA) is 20.3 Å². The van der Waals surface area contributed by atoms with Crippen molar-refractivity contribution < 1.29 is 4.79 Å². The standard InChI is InChI=1S/C22H39NO/c1-17(24)22-19-15-11-7-3-5-9-13-18-14-10-6-4-8-12-16-20(21(18)19)23(22)2/h18-22H,3-16H2,1-2H3. The molecule has 3 rings (SSSR count). The van der Waals surface area contributed by atoms with Gasteiger partial charge in [-0.1, -0.05) is 77.0 Å². The summed E-state index contributed by atoms with van der Waals surface area (Å²) in [6, 6.07) is 0.883. The summed E-state index contributed by atoms with van der Waals surface area (Å²) >= 11 is 0. The molecule has 2 nitrogen and oxygen atoms in total. The van der Waals surface area contributed by atoms with Crippen molar-refractivity contribution in [3.63, 3.8) is 0 Å². The summed E-state index contributed by atoms with van der Waals surface area (Å²) < 4.78 is 0. The van der Waals surface area contributed by atoms with Gasteiger partial charge >= 0.3 is 0 Å². The van der Waals surface area contributed by atoms with Gasteiger partial charge in [-0.25, -0.2) is 0 Å². The summed E-state index contributed by atoms with van der Waals surface area (Å²) in [6.45, 7) is 1.85. The Bertz CT molecular complexity index is 401. The SMILES string of the molecule is CC(=O)C1C2CCCCCCCC3CCCCCCCC(C32)N1C. The van der Waals surface area contributed by atoms with Crippen LogP contribution in [-0.4, -0.2) is 29.8 Å². The highest BCUT2D eigenvalue weighted by atomic mass is 16.1. The molecule has 2 aliphatic carbocycles. The van der Waals surface area contributed by atoms with Crippen molar-refractivity contribution in [2.75, 3.05) is 7.05 Å². The largest absolute Gasteiger partial charge is 0.298 e. The van der Waals surface area contributed by atoms with Crippen LogP contribution in [0.2, 0.25) is 0 Å². The van der Waals surface area contributed by atoms with E-state index in [4.69, 9.17) is 0 Å². The van der Waals surface area contributed by atoms with Crippen LogP contribution in [0.15, 0.2) is 0 Å². The number of likely N-dealkylation sites (N-methyl/N-ethyl adjacent to an activating group) is 1. The zero-order chi connectivity index (χ0) is 16.9. The number of nitrogens with zero attached hydrogens (tertiary/aromatic N) is 1. The molecule has 0 aromatic carbocycles. The van der Waals surface area contributed by atoms with Crippen LogP contribution in [0, 0.1) is 17.8 Å². The van der Waals surface area contributed by atoms with Gasteiger partial charge in [0.2, 0.25) is 0 Å². The van der Waals surface area contributed by atoms with Crippen molar-refractivity contribution in [2.45, 2.75) is 109 Å². The normalized spacial score (nSPS) is 39.8. The molecule has 0 bridgehead atoms. The predicted octanol–water partition coefficient (Wildman–Crippen LogP) is 5.60. The van der Waals surface area contributed by atoms with Gasteiger partial charge in [-0.15, -0.1) is 0 Å². The summed E-state index contributed by atoms with van der Waals surface area (Å²) in [6.07, 6.45) is 19.5. The van der Waals surface area contributed by atoms with Gasteiger partial charge in [0.05, 0.1) is 6.04 Å². The van der Waals surface area contributed by atoms with E-state index < -0.39 is 0 Å². The van der Waals surface area contributed by atoms with Gasteiger partial charge in [0.1, 0.15) is 5.78 Å². The molecule has 0 amide bonds. The molecule has 0 aromatic heterocycles. The molecule has 3 fully saturated rings. The van der Waals surface area contributed by atoms with Gasteiger partial charge in [-0.05, 0) is 44.6 Å². The lowest BCUT2D eigenvalue weighted by Crippen LogP contribution is -2.39. The second-order valence-electron chi connectivity index (χ2n) is 8.98. The second kappa shape index (κ2) is 8.83. The summed E-state index contributed by atoms with van der Waals surface area (Å²) in [5.74, 6) is 2.74. The number of carbonyl (C=O) groups excluding carboxylic acids is 1. The molecule has 2 heteroatoms. The fourth-order valence-electron chi connectivity index (χ4n) is 6.41. The Kier molecular flexibility index (Phi) is 6.78. The highest BCUT2D eigenvalue weighted by Crippen LogP contribution is 2.47. The molecule has 3 aliphatic rings. The number of likely N-dealkylation sites (tertiary alicyclic amines) is 1. The third-order valence-corrected chi connectivity index (χ3v) is 7.45. The van der Waals surface area contributed by atoms with E-state index in [1.165, 1.54) is 89.9 Å². The van der Waals surface area contributed by atoms with Crippen molar-refractivity contribution in [3.8, 4) is 0 Å². The average Bonchev–Trinajstić information content (AvgIpc) is 2.84. The monoisotopic (exact) mass is 333 g/mol. The highest BCUT2D eigenvalue weighted by molar-refractivity contribution is 5.82. The minimum Gasteiger partial charge on any atom is -0.298 e. The molecule has 5 unspecified atom stereocenters. The third-order valence-electron chi connectivity index (χ3n) is 7.45. The molecule has 0 N–H and O–H groups in total. The maximum Gasteiger partial charge on any atom is 0.147 e. The first-order chi connectivity index (χ1) is 11.7. The van der Waals surface area contributed by atoms with Gasteiger partial charge in [0, 0.05) is 6.04 Å². The van der Waals surface area contributed by atoms with Crippen molar-refractivity contribution >= 4 is 5.78 Å². The Morgan fingerprint density at radius 3 is 1.83 bits per heavy atom. The van der Waals surface area contributed by atoms with Gasteiger partial charge < -0.3 is 0 Å². The van der Waals surface area contributed by atoms with Crippen LogP contribution in [0.5, 0.6) is 0 Å². The fourth-order valence-corrected chi connectivity index (χ4v) is 6.41. The van der Waals surface area contributed by atoms with Crippen LogP contribution in [-0.2, 0) is 4.79 Å². The molecule has 0 spiro atoms. The fraction of sp³-hybridized carbons (Fsp3) is 0.955. The third kappa shape index (κ3) is 4.06. The number of ketones is 1. The number of rotatable bonds is 1. The summed E-state index contributed by atoms with van der Waals surface area (Å²) in [4.78, 5) is 15.0. The number of Topliss-reactive ketones (excluding diaryl/α,β-unsaturated/α-hetero) is 1. The molecular weight excluding hydrogens is 294 g/mol. The van der Waals surface area contributed by atoms with Gasteiger partial charge in [-0.2, -0.15) is 0 Å². The Hall–Kier alpha value is -0.370. The van der Waals surface area contributed by atoms with E-state index in [9.17, 15) is 4.79 Å². The van der Waals surface area contributed by atoms with Gasteiger partial charge in [0.15, 0.2) is 0 Å². The summed E-state index contributed by atoms with van der Waals surface area (Å²) in [7, 11) is 2.27. The lowest BCUT2D eigenvalue weighted by atomic mass is 9.70. The molecule has 0 radical (unpaired) electrons. The number of hydrogen-bond donors (Lipinski definition) is 0. The van der Waals surface area contributed by atoms with Crippen LogP contribution in [0.3, 0.4) is 0 Å². The molecule has 138 valence electrons. The minimum absolute atomic E-state index is 0.211. The van der Waals surface area contributed by atoms with E-state index >= 15 is 0 Å². The quantitative estimate of drug-likeness (QED) is 0.623. The van der Waals surface area contributed by atoms with E-state index in [1.54, 1.807) is 0 Å². The zero-order valence-corrected chi connectivity index (χ0v) is 16.1. The Labute approximate surface area is 149 Å². The molecule has 2 saturated carbocycles. The van der Waals surface area contributed by atoms with E-state index in [0.29, 0.717) is 17.7 Å². The van der Waals surface area contributed by atoms with Crippen molar-refractivity contribution in [2.24, 2.45) is 17.8 Å². The number of hydrogen-bond acceptors (Lipinski definition) is 2. The Balaban J connectivity index is 1.89. The average molecular weight is 334 g/mol. The van der Waals surface area contributed by atoms with E-state index in [-0.39, 0.29) is 6.04 Å². The van der Waals surface area contributed by atoms with E-state index in [0.717, 1.165) is 11.8 Å². The van der Waals surface area contributed by atoms with Crippen LogP contribution in [0.25, 0.3) is 0 Å². The maximum atomic E-state index is 12.5. The molecular formula is C22H39NO. The Morgan fingerprint density at radius 1 is 0.750 bits per heavy atom. The molecule has 1 saturated heterocycles. The lowest BCUT2D eigenvalue weighted by molar-refractivity contribution is -0.122. The van der Waals surface area contributed by atoms with Crippen molar-refractivity contribution in [1.29, 1.82) is 0 Å². The first-order valence-electron chi connectivity index (χ1n) is 10.9. The van der Waals surface area contributed by atoms with Crippen LogP contribution >= 0.6 is 0 Å². The van der Waals surface area contributed by atoms with Crippen LogP contribution < -0.4 is 0 Å². The summed E-state index contributed by atoms with van der Waals surface area (Å²) in [5, 5.41) is 0. The minimum atomic E-state index is 0.211. The maximum absolute atomic E-state index is 12.5. The first-order valence-corrected chi connectivity index (χ1v) is 10.9. The van der Waals surface area contributed by atoms with Gasteiger partial charge in [-0.3, -0.25) is 9.69 Å². The molecule has 24 heavy (non-hydrogen) atoms. The molecule has 1 heterocycles. The lowest BCUT2D eigenvalue weighted by Gasteiger charge is -2.35. The van der Waals surface area contributed by atoms with Gasteiger partial charge in [0.25, 0.3) is 0 Å². The molecule has 0 aromatic rings. The zero-order valence-electron chi connectivity index (χ0n) is 16.1. The van der Waals surface area contributed by atoms with Crippen LogP contribution in [0.1, 0.15) is 96.8 Å². The van der Waals surface area contributed by atoms with E-state index in [1.807, 2.05) is 6.92 Å². The molecule has 1 aliphatic heterocycles. The first kappa shape index (κ1) is 18.4. The second-order valence-corrected chi connectivity index (χ2v) is 8.98. The van der Waals surface area contributed by atoms with Crippen molar-refractivity contribution in [1.82, 2.24) is 4.90 Å². The van der Waals surface area contributed by atoms with Crippen molar-refractivity contribution in [3.05, 3.63) is 0 Å². The number of carbonyl (C=O) groups is 1. The van der Waals surface area contributed by atoms with E-state index in [2.05, 4.69) is 11.9 Å². The van der Waals surface area contributed by atoms with Crippen LogP contribution in [0.4, 0.5) is 0 Å². The summed E-state index contributed by atoms with van der Waals surface area (Å²) in [5.41, 5.74) is 0. The Morgan fingerprint density at radius 2 is 1.25 bits per heavy atom. The predicted molar refractivity (Wildman–Crippen MR) is 101 cm³/mol.